The summed E-state index contributed by atoms with van der Waals surface area (Å²) in [4.78, 5) is 10.6. The number of carbonyl (C=O) groups is 1. The van der Waals surface area contributed by atoms with Gasteiger partial charge in [-0.25, -0.2) is 9.18 Å². The first-order valence-corrected chi connectivity index (χ1v) is 5.29. The molecule has 0 saturated heterocycles. The van der Waals surface area contributed by atoms with Crippen LogP contribution in [0, 0.1) is 5.82 Å². The molecule has 0 spiro atoms. The Hall–Kier alpha value is -1.10. The van der Waals surface area contributed by atoms with Crippen LogP contribution in [0.4, 0.5) is 9.18 Å². The Kier molecular flexibility index (Phi) is 2.42. The van der Waals surface area contributed by atoms with Crippen LogP contribution in [0.15, 0.2) is 22.7 Å². The van der Waals surface area contributed by atoms with E-state index in [9.17, 15) is 9.18 Å². The fraction of sp³-hybridized carbons (Fsp3) is 0.300. The molecule has 2 N–H and O–H groups in total. The van der Waals surface area contributed by atoms with Gasteiger partial charge in [0.25, 0.3) is 0 Å². The standard InChI is InChI=1S/C10H9BrFNO2/c11-6-1-2-7(8(12)5-6)10(3-4-10)13-9(14)15/h1-2,5,13H,3-4H2,(H,14,15). The predicted octanol–water partition coefficient (Wildman–Crippen LogP) is 2.84. The second-order valence-electron chi connectivity index (χ2n) is 3.64. The third-order valence-electron chi connectivity index (χ3n) is 2.54. The van der Waals surface area contributed by atoms with Crippen LogP contribution < -0.4 is 5.32 Å². The summed E-state index contributed by atoms with van der Waals surface area (Å²) < 4.78 is 14.2. The van der Waals surface area contributed by atoms with Crippen molar-refractivity contribution in [3.05, 3.63) is 34.1 Å². The van der Waals surface area contributed by atoms with Gasteiger partial charge >= 0.3 is 6.09 Å². The van der Waals surface area contributed by atoms with E-state index < -0.39 is 11.6 Å². The highest BCUT2D eigenvalue weighted by molar-refractivity contribution is 9.10. The topological polar surface area (TPSA) is 49.3 Å². The van der Waals surface area contributed by atoms with Crippen molar-refractivity contribution in [3.63, 3.8) is 0 Å². The molecule has 1 aromatic carbocycles. The van der Waals surface area contributed by atoms with Gasteiger partial charge in [0.2, 0.25) is 0 Å². The van der Waals surface area contributed by atoms with Crippen molar-refractivity contribution in [3.8, 4) is 0 Å². The van der Waals surface area contributed by atoms with Gasteiger partial charge in [0, 0.05) is 10.0 Å². The number of nitrogens with one attached hydrogen (secondary N) is 1. The first-order valence-electron chi connectivity index (χ1n) is 4.50. The minimum Gasteiger partial charge on any atom is -0.465 e. The highest BCUT2D eigenvalue weighted by atomic mass is 79.9. The fourth-order valence-electron chi connectivity index (χ4n) is 1.67. The van der Waals surface area contributed by atoms with Crippen LogP contribution in [-0.2, 0) is 5.54 Å². The van der Waals surface area contributed by atoms with Crippen molar-refractivity contribution in [2.45, 2.75) is 18.4 Å². The molecule has 0 radical (unpaired) electrons. The molecule has 0 unspecified atom stereocenters. The number of carboxylic acid groups (broad SMARTS) is 1. The van der Waals surface area contributed by atoms with Gasteiger partial charge in [0.05, 0.1) is 5.54 Å². The van der Waals surface area contributed by atoms with Crippen LogP contribution in [-0.4, -0.2) is 11.2 Å². The van der Waals surface area contributed by atoms with E-state index in [2.05, 4.69) is 21.2 Å². The molecule has 0 heterocycles. The monoisotopic (exact) mass is 273 g/mol. The maximum Gasteiger partial charge on any atom is 0.405 e. The SMILES string of the molecule is O=C(O)NC1(c2ccc(Br)cc2F)CC1. The summed E-state index contributed by atoms with van der Waals surface area (Å²) in [5.74, 6) is -0.379. The highest BCUT2D eigenvalue weighted by Gasteiger charge is 2.47. The van der Waals surface area contributed by atoms with Crippen LogP contribution in [0.1, 0.15) is 18.4 Å². The summed E-state index contributed by atoms with van der Waals surface area (Å²) in [5, 5.41) is 11.0. The summed E-state index contributed by atoms with van der Waals surface area (Å²) in [6, 6.07) is 4.67. The number of hydrogen-bond acceptors (Lipinski definition) is 1. The zero-order valence-corrected chi connectivity index (χ0v) is 9.34. The maximum atomic E-state index is 13.6. The van der Waals surface area contributed by atoms with Gasteiger partial charge in [-0.1, -0.05) is 22.0 Å². The van der Waals surface area contributed by atoms with Crippen LogP contribution in [0.2, 0.25) is 0 Å². The third-order valence-corrected chi connectivity index (χ3v) is 3.04. The van der Waals surface area contributed by atoms with Crippen molar-refractivity contribution >= 4 is 22.0 Å². The Balaban J connectivity index is 2.33. The summed E-state index contributed by atoms with van der Waals surface area (Å²) >= 11 is 3.16. The van der Waals surface area contributed by atoms with Gasteiger partial charge in [-0.3, -0.25) is 0 Å². The highest BCUT2D eigenvalue weighted by Crippen LogP contribution is 2.46. The Labute approximate surface area is 94.4 Å². The molecule has 0 atom stereocenters. The van der Waals surface area contributed by atoms with E-state index in [1.165, 1.54) is 6.07 Å². The average Bonchev–Trinajstić information content (AvgIpc) is 2.83. The molecule has 0 aliphatic heterocycles. The van der Waals surface area contributed by atoms with Crippen molar-refractivity contribution in [2.75, 3.05) is 0 Å². The number of rotatable bonds is 2. The molecule has 2 rings (SSSR count). The van der Waals surface area contributed by atoms with Crippen molar-refractivity contribution in [2.24, 2.45) is 0 Å². The Bertz CT molecular complexity index is 418. The van der Waals surface area contributed by atoms with E-state index in [0.29, 0.717) is 22.9 Å². The molecule has 80 valence electrons. The van der Waals surface area contributed by atoms with Crippen LogP contribution in [0.3, 0.4) is 0 Å². The molecule has 1 aromatic rings. The normalized spacial score (nSPS) is 17.2. The van der Waals surface area contributed by atoms with Crippen molar-refractivity contribution in [1.82, 2.24) is 5.32 Å². The molecular weight excluding hydrogens is 265 g/mol. The summed E-state index contributed by atoms with van der Waals surface area (Å²) in [5.41, 5.74) is -0.274. The van der Waals surface area contributed by atoms with Gasteiger partial charge < -0.3 is 10.4 Å². The molecule has 0 bridgehead atoms. The number of benzene rings is 1. The lowest BCUT2D eigenvalue weighted by Crippen LogP contribution is -2.34. The molecule has 1 saturated carbocycles. The second kappa shape index (κ2) is 3.48. The molecule has 5 heteroatoms. The Morgan fingerprint density at radius 2 is 2.20 bits per heavy atom. The zero-order chi connectivity index (χ0) is 11.1. The second-order valence-corrected chi connectivity index (χ2v) is 4.55. The summed E-state index contributed by atoms with van der Waals surface area (Å²) in [6.07, 6.45) is 0.185. The van der Waals surface area contributed by atoms with E-state index in [1.807, 2.05) is 0 Å². The van der Waals surface area contributed by atoms with E-state index in [1.54, 1.807) is 12.1 Å². The van der Waals surface area contributed by atoms with Crippen molar-refractivity contribution < 1.29 is 14.3 Å². The predicted molar refractivity (Wildman–Crippen MR) is 56.2 cm³/mol. The van der Waals surface area contributed by atoms with Gasteiger partial charge in [0.15, 0.2) is 0 Å². The zero-order valence-electron chi connectivity index (χ0n) is 7.76. The third kappa shape index (κ3) is 1.97. The minimum atomic E-state index is -1.12. The van der Waals surface area contributed by atoms with Gasteiger partial charge in [0.1, 0.15) is 5.82 Å². The largest absolute Gasteiger partial charge is 0.465 e. The number of amides is 1. The quantitative estimate of drug-likeness (QED) is 0.871. The molecule has 1 amide bonds. The molecule has 15 heavy (non-hydrogen) atoms. The average molecular weight is 274 g/mol. The smallest absolute Gasteiger partial charge is 0.405 e. The van der Waals surface area contributed by atoms with Crippen LogP contribution in [0.25, 0.3) is 0 Å². The minimum absolute atomic E-state index is 0.379. The summed E-state index contributed by atoms with van der Waals surface area (Å²) in [6.45, 7) is 0. The summed E-state index contributed by atoms with van der Waals surface area (Å²) in [7, 11) is 0. The van der Waals surface area contributed by atoms with Crippen LogP contribution in [0.5, 0.6) is 0 Å². The lowest BCUT2D eigenvalue weighted by molar-refractivity contribution is 0.188. The van der Waals surface area contributed by atoms with E-state index in [4.69, 9.17) is 5.11 Å². The first kappa shape index (κ1) is 10.4. The molecule has 1 aliphatic rings. The van der Waals surface area contributed by atoms with Gasteiger partial charge in [-0.05, 0) is 25.0 Å². The Morgan fingerprint density at radius 1 is 1.53 bits per heavy atom. The van der Waals surface area contributed by atoms with Crippen LogP contribution >= 0.6 is 15.9 Å². The number of halogens is 2. The maximum absolute atomic E-state index is 13.6. The molecule has 1 fully saturated rings. The van der Waals surface area contributed by atoms with E-state index >= 15 is 0 Å². The lowest BCUT2D eigenvalue weighted by Gasteiger charge is -2.16. The molecule has 1 aliphatic carbocycles. The molecule has 3 nitrogen and oxygen atoms in total. The fourth-order valence-corrected chi connectivity index (χ4v) is 2.00. The van der Waals surface area contributed by atoms with E-state index in [0.717, 1.165) is 0 Å². The van der Waals surface area contributed by atoms with Gasteiger partial charge in [-0.15, -0.1) is 0 Å². The Morgan fingerprint density at radius 3 is 2.67 bits per heavy atom. The van der Waals surface area contributed by atoms with Crippen molar-refractivity contribution in [1.29, 1.82) is 0 Å². The molecule has 0 aromatic heterocycles. The first-order chi connectivity index (χ1) is 7.03. The van der Waals surface area contributed by atoms with E-state index in [-0.39, 0.29) is 5.82 Å². The van der Waals surface area contributed by atoms with Gasteiger partial charge in [-0.2, -0.15) is 0 Å². The lowest BCUT2D eigenvalue weighted by atomic mass is 10.0. The molecular formula is C10H9BrFNO2. The number of hydrogen-bond donors (Lipinski definition) is 2.